The van der Waals surface area contributed by atoms with Crippen LogP contribution in [0.1, 0.15) is 37.0 Å². The highest BCUT2D eigenvalue weighted by atomic mass is 19.2. The van der Waals surface area contributed by atoms with Crippen LogP contribution in [-0.2, 0) is 0 Å². The number of piperidine rings is 1. The molecule has 1 aliphatic heterocycles. The lowest BCUT2D eigenvalue weighted by molar-refractivity contribution is 0.0707. The first-order chi connectivity index (χ1) is 10.9. The summed E-state index contributed by atoms with van der Waals surface area (Å²) in [6.07, 6.45) is 1.25. The number of benzene rings is 1. The summed E-state index contributed by atoms with van der Waals surface area (Å²) < 4.78 is 26.1. The van der Waals surface area contributed by atoms with Gasteiger partial charge in [-0.15, -0.1) is 0 Å². The predicted molar refractivity (Wildman–Crippen MR) is 82.1 cm³/mol. The molecule has 2 rings (SSSR count). The van der Waals surface area contributed by atoms with E-state index in [-0.39, 0.29) is 29.6 Å². The Hall–Kier alpha value is -2.18. The standard InChI is InChI=1S/C16H21F2N3O2/c1-10(2)19-16(23)20-12-5-7-21(8-6-12)15(22)11-3-4-13(17)14(18)9-11/h3-4,9-10,12H,5-8H2,1-2H3,(H2,19,20,23). The lowest BCUT2D eigenvalue weighted by Crippen LogP contribution is -2.50. The van der Waals surface area contributed by atoms with E-state index in [0.29, 0.717) is 25.9 Å². The molecule has 0 unspecified atom stereocenters. The lowest BCUT2D eigenvalue weighted by atomic mass is 10.0. The maximum absolute atomic E-state index is 13.2. The van der Waals surface area contributed by atoms with Crippen molar-refractivity contribution in [2.24, 2.45) is 0 Å². The molecule has 1 heterocycles. The van der Waals surface area contributed by atoms with Crippen molar-refractivity contribution in [3.63, 3.8) is 0 Å². The molecule has 1 aromatic rings. The highest BCUT2D eigenvalue weighted by Gasteiger charge is 2.25. The summed E-state index contributed by atoms with van der Waals surface area (Å²) in [5.41, 5.74) is 0.132. The number of halogens is 2. The SMILES string of the molecule is CC(C)NC(=O)NC1CCN(C(=O)c2ccc(F)c(F)c2)CC1. The minimum atomic E-state index is -1.03. The summed E-state index contributed by atoms with van der Waals surface area (Å²) >= 11 is 0. The smallest absolute Gasteiger partial charge is 0.315 e. The number of carbonyl (C=O) groups is 2. The third kappa shape index (κ3) is 4.64. The van der Waals surface area contributed by atoms with Gasteiger partial charge in [-0.05, 0) is 44.9 Å². The summed E-state index contributed by atoms with van der Waals surface area (Å²) in [7, 11) is 0. The highest BCUT2D eigenvalue weighted by Crippen LogP contribution is 2.16. The van der Waals surface area contributed by atoms with Gasteiger partial charge < -0.3 is 15.5 Å². The molecule has 126 valence electrons. The van der Waals surface area contributed by atoms with E-state index in [1.165, 1.54) is 6.07 Å². The summed E-state index contributed by atoms with van der Waals surface area (Å²) in [6, 6.07) is 2.99. The second-order valence-electron chi connectivity index (χ2n) is 5.97. The van der Waals surface area contributed by atoms with Crippen LogP contribution in [0.4, 0.5) is 13.6 Å². The van der Waals surface area contributed by atoms with Gasteiger partial charge in [0.2, 0.25) is 0 Å². The van der Waals surface area contributed by atoms with E-state index >= 15 is 0 Å². The van der Waals surface area contributed by atoms with Crippen molar-refractivity contribution in [3.8, 4) is 0 Å². The molecule has 2 N–H and O–H groups in total. The molecule has 1 fully saturated rings. The summed E-state index contributed by atoms with van der Waals surface area (Å²) in [5.74, 6) is -2.33. The number of carbonyl (C=O) groups excluding carboxylic acids is 2. The minimum Gasteiger partial charge on any atom is -0.338 e. The zero-order valence-electron chi connectivity index (χ0n) is 13.2. The summed E-state index contributed by atoms with van der Waals surface area (Å²) in [6.45, 7) is 4.68. The Kier molecular flexibility index (Phi) is 5.52. The molecular formula is C16H21F2N3O2. The Morgan fingerprint density at radius 3 is 2.39 bits per heavy atom. The predicted octanol–water partition coefficient (Wildman–Crippen LogP) is 2.28. The van der Waals surface area contributed by atoms with E-state index < -0.39 is 11.6 Å². The van der Waals surface area contributed by atoms with E-state index in [4.69, 9.17) is 0 Å². The molecule has 1 aliphatic rings. The molecule has 0 atom stereocenters. The molecule has 7 heteroatoms. The van der Waals surface area contributed by atoms with Crippen molar-refractivity contribution in [3.05, 3.63) is 35.4 Å². The first-order valence-electron chi connectivity index (χ1n) is 7.68. The number of amides is 3. The van der Waals surface area contributed by atoms with Gasteiger partial charge in [-0.3, -0.25) is 4.79 Å². The normalized spacial score (nSPS) is 15.6. The quantitative estimate of drug-likeness (QED) is 0.895. The molecule has 23 heavy (non-hydrogen) atoms. The van der Waals surface area contributed by atoms with Crippen LogP contribution in [-0.4, -0.2) is 42.0 Å². The molecule has 3 amide bonds. The molecule has 5 nitrogen and oxygen atoms in total. The summed E-state index contributed by atoms with van der Waals surface area (Å²) in [5, 5.41) is 5.62. The van der Waals surface area contributed by atoms with Crippen LogP contribution in [0.2, 0.25) is 0 Å². The number of nitrogens with one attached hydrogen (secondary N) is 2. The highest BCUT2D eigenvalue weighted by molar-refractivity contribution is 5.94. The molecule has 0 aliphatic carbocycles. The largest absolute Gasteiger partial charge is 0.338 e. The van der Waals surface area contributed by atoms with Crippen molar-refractivity contribution in [2.75, 3.05) is 13.1 Å². The van der Waals surface area contributed by atoms with Crippen LogP contribution in [0, 0.1) is 11.6 Å². The maximum atomic E-state index is 13.2. The number of urea groups is 1. The van der Waals surface area contributed by atoms with E-state index in [0.717, 1.165) is 12.1 Å². The van der Waals surface area contributed by atoms with Crippen LogP contribution in [0.15, 0.2) is 18.2 Å². The van der Waals surface area contributed by atoms with Gasteiger partial charge in [0.05, 0.1) is 0 Å². The first-order valence-corrected chi connectivity index (χ1v) is 7.68. The fourth-order valence-corrected chi connectivity index (χ4v) is 2.53. The third-order valence-corrected chi connectivity index (χ3v) is 3.70. The molecular weight excluding hydrogens is 304 g/mol. The lowest BCUT2D eigenvalue weighted by Gasteiger charge is -2.32. The number of likely N-dealkylation sites (tertiary alicyclic amines) is 1. The molecule has 0 bridgehead atoms. The van der Waals surface area contributed by atoms with E-state index in [1.54, 1.807) is 4.90 Å². The average molecular weight is 325 g/mol. The van der Waals surface area contributed by atoms with Crippen LogP contribution in [0.5, 0.6) is 0 Å². The van der Waals surface area contributed by atoms with Gasteiger partial charge in [0, 0.05) is 30.7 Å². The minimum absolute atomic E-state index is 0.00255. The zero-order chi connectivity index (χ0) is 17.0. The van der Waals surface area contributed by atoms with Gasteiger partial charge in [0.1, 0.15) is 0 Å². The number of rotatable bonds is 3. The summed E-state index contributed by atoms with van der Waals surface area (Å²) in [4.78, 5) is 25.5. The molecule has 1 aromatic carbocycles. The second-order valence-corrected chi connectivity index (χ2v) is 5.97. The number of hydrogen-bond acceptors (Lipinski definition) is 2. The van der Waals surface area contributed by atoms with Crippen LogP contribution < -0.4 is 10.6 Å². The Labute approximate surface area is 134 Å². The van der Waals surface area contributed by atoms with Crippen molar-refractivity contribution < 1.29 is 18.4 Å². The van der Waals surface area contributed by atoms with Gasteiger partial charge >= 0.3 is 6.03 Å². The van der Waals surface area contributed by atoms with E-state index in [9.17, 15) is 18.4 Å². The molecule has 0 radical (unpaired) electrons. The third-order valence-electron chi connectivity index (χ3n) is 3.70. The number of hydrogen-bond donors (Lipinski definition) is 2. The zero-order valence-corrected chi connectivity index (χ0v) is 13.2. The topological polar surface area (TPSA) is 61.4 Å². The maximum Gasteiger partial charge on any atom is 0.315 e. The fourth-order valence-electron chi connectivity index (χ4n) is 2.53. The Bertz CT molecular complexity index is 585. The van der Waals surface area contributed by atoms with Crippen molar-refractivity contribution in [1.29, 1.82) is 0 Å². The molecule has 1 saturated heterocycles. The molecule has 0 spiro atoms. The Morgan fingerprint density at radius 1 is 1.17 bits per heavy atom. The van der Waals surface area contributed by atoms with Gasteiger partial charge in [0.15, 0.2) is 11.6 Å². The van der Waals surface area contributed by atoms with Gasteiger partial charge in [-0.25, -0.2) is 13.6 Å². The Morgan fingerprint density at radius 2 is 1.83 bits per heavy atom. The van der Waals surface area contributed by atoms with Crippen molar-refractivity contribution in [1.82, 2.24) is 15.5 Å². The fraction of sp³-hybridized carbons (Fsp3) is 0.500. The first kappa shape index (κ1) is 17.2. The second kappa shape index (κ2) is 7.39. The van der Waals surface area contributed by atoms with Crippen molar-refractivity contribution in [2.45, 2.75) is 38.8 Å². The van der Waals surface area contributed by atoms with Crippen LogP contribution in [0.25, 0.3) is 0 Å². The molecule has 0 aromatic heterocycles. The average Bonchev–Trinajstić information content (AvgIpc) is 2.49. The van der Waals surface area contributed by atoms with E-state index in [1.807, 2.05) is 13.8 Å². The van der Waals surface area contributed by atoms with Gasteiger partial charge in [-0.2, -0.15) is 0 Å². The van der Waals surface area contributed by atoms with Crippen LogP contribution >= 0.6 is 0 Å². The van der Waals surface area contributed by atoms with Crippen molar-refractivity contribution >= 4 is 11.9 Å². The monoisotopic (exact) mass is 325 g/mol. The van der Waals surface area contributed by atoms with E-state index in [2.05, 4.69) is 10.6 Å². The Balaban J connectivity index is 1.87. The molecule has 0 saturated carbocycles. The van der Waals surface area contributed by atoms with Crippen LogP contribution in [0.3, 0.4) is 0 Å². The van der Waals surface area contributed by atoms with Gasteiger partial charge in [-0.1, -0.05) is 0 Å². The van der Waals surface area contributed by atoms with Gasteiger partial charge in [0.25, 0.3) is 5.91 Å². The number of nitrogens with zero attached hydrogens (tertiary/aromatic N) is 1.